The van der Waals surface area contributed by atoms with Crippen LogP contribution in [0.15, 0.2) is 47.8 Å². The van der Waals surface area contributed by atoms with Crippen molar-refractivity contribution >= 4 is 27.1 Å². The first-order chi connectivity index (χ1) is 8.25. The highest BCUT2D eigenvalue weighted by Crippen LogP contribution is 2.36. The second-order valence-electron chi connectivity index (χ2n) is 4.24. The molecule has 0 saturated carbocycles. The smallest absolute Gasteiger partial charge is 0.0394 e. The van der Waals surface area contributed by atoms with Crippen molar-refractivity contribution in [3.63, 3.8) is 0 Å². The van der Waals surface area contributed by atoms with Gasteiger partial charge in [0.2, 0.25) is 0 Å². The summed E-state index contributed by atoms with van der Waals surface area (Å²) in [5.41, 5.74) is 10.5. The van der Waals surface area contributed by atoms with Crippen LogP contribution < -0.4 is 5.73 Å². The number of nitrogens with two attached hydrogens (primary N) is 1. The lowest BCUT2D eigenvalue weighted by Gasteiger charge is -2.04. The summed E-state index contributed by atoms with van der Waals surface area (Å²) >= 11 is 1.78. The van der Waals surface area contributed by atoms with E-state index in [2.05, 4.69) is 36.6 Å². The van der Waals surface area contributed by atoms with E-state index >= 15 is 0 Å². The molecule has 2 heteroatoms. The fraction of sp³-hybridized carbons (Fsp3) is 0.0667. The summed E-state index contributed by atoms with van der Waals surface area (Å²) in [7, 11) is 0. The Balaban J connectivity index is 2.29. The molecular formula is C15H13NS. The summed E-state index contributed by atoms with van der Waals surface area (Å²) in [5.74, 6) is 0. The van der Waals surface area contributed by atoms with Crippen LogP contribution in [0, 0.1) is 6.92 Å². The summed E-state index contributed by atoms with van der Waals surface area (Å²) in [5, 5.41) is 3.48. The van der Waals surface area contributed by atoms with Gasteiger partial charge >= 0.3 is 0 Å². The Morgan fingerprint density at radius 3 is 2.65 bits per heavy atom. The number of benzene rings is 2. The lowest BCUT2D eigenvalue weighted by molar-refractivity contribution is 1.52. The lowest BCUT2D eigenvalue weighted by atomic mass is 10.0. The van der Waals surface area contributed by atoms with E-state index in [9.17, 15) is 0 Å². The Labute approximate surface area is 105 Å². The molecule has 3 rings (SSSR count). The van der Waals surface area contributed by atoms with Gasteiger partial charge < -0.3 is 5.73 Å². The van der Waals surface area contributed by atoms with Gasteiger partial charge in [-0.15, -0.1) is 11.3 Å². The molecule has 3 aromatic rings. The van der Waals surface area contributed by atoms with Crippen molar-refractivity contribution < 1.29 is 0 Å². The zero-order chi connectivity index (χ0) is 11.8. The minimum atomic E-state index is 0.841. The van der Waals surface area contributed by atoms with Crippen LogP contribution in [0.1, 0.15) is 5.56 Å². The van der Waals surface area contributed by atoms with E-state index in [-0.39, 0.29) is 0 Å². The Morgan fingerprint density at radius 1 is 1.00 bits per heavy atom. The Hall–Kier alpha value is -1.80. The predicted octanol–water partition coefficient (Wildman–Crippen LogP) is 4.46. The van der Waals surface area contributed by atoms with Crippen LogP contribution in [-0.4, -0.2) is 0 Å². The quantitative estimate of drug-likeness (QED) is 0.623. The van der Waals surface area contributed by atoms with Crippen LogP contribution in [0.2, 0.25) is 0 Å². The van der Waals surface area contributed by atoms with Crippen molar-refractivity contribution in [2.45, 2.75) is 6.92 Å². The minimum absolute atomic E-state index is 0.841. The van der Waals surface area contributed by atoms with Crippen LogP contribution in [0.5, 0.6) is 0 Å². The van der Waals surface area contributed by atoms with Gasteiger partial charge in [0.05, 0.1) is 0 Å². The molecule has 0 aliphatic rings. The standard InChI is InChI=1S/C15H13NS/c1-10-6-7-12-13(9-17-15(12)8-10)11-4-2-3-5-14(11)16/h2-9H,16H2,1H3. The largest absolute Gasteiger partial charge is 0.398 e. The van der Waals surface area contributed by atoms with Crippen LogP contribution in [0.3, 0.4) is 0 Å². The molecule has 2 aromatic carbocycles. The Bertz CT molecular complexity index is 682. The summed E-state index contributed by atoms with van der Waals surface area (Å²) in [4.78, 5) is 0. The molecule has 0 radical (unpaired) electrons. The molecule has 0 aliphatic heterocycles. The van der Waals surface area contributed by atoms with Crippen LogP contribution in [0.4, 0.5) is 5.69 Å². The third-order valence-electron chi connectivity index (χ3n) is 2.98. The van der Waals surface area contributed by atoms with Crippen molar-refractivity contribution in [2.75, 3.05) is 5.73 Å². The minimum Gasteiger partial charge on any atom is -0.398 e. The molecule has 0 bridgehead atoms. The number of fused-ring (bicyclic) bond motifs is 1. The summed E-state index contributed by atoms with van der Waals surface area (Å²) in [6, 6.07) is 14.6. The topological polar surface area (TPSA) is 26.0 Å². The second-order valence-corrected chi connectivity index (χ2v) is 5.15. The van der Waals surface area contributed by atoms with Gasteiger partial charge in [0, 0.05) is 26.9 Å². The molecule has 0 unspecified atom stereocenters. The van der Waals surface area contributed by atoms with Gasteiger partial charge in [0.25, 0.3) is 0 Å². The molecule has 2 N–H and O–H groups in total. The number of rotatable bonds is 1. The van der Waals surface area contributed by atoms with Crippen molar-refractivity contribution in [1.29, 1.82) is 0 Å². The van der Waals surface area contributed by atoms with E-state index in [1.54, 1.807) is 11.3 Å². The molecule has 1 aromatic heterocycles. The first-order valence-electron chi connectivity index (χ1n) is 5.58. The van der Waals surface area contributed by atoms with Gasteiger partial charge in [-0.1, -0.05) is 30.3 Å². The fourth-order valence-electron chi connectivity index (χ4n) is 2.09. The molecular weight excluding hydrogens is 226 g/mol. The number of hydrogen-bond donors (Lipinski definition) is 1. The van der Waals surface area contributed by atoms with Gasteiger partial charge in [0.15, 0.2) is 0 Å². The lowest BCUT2D eigenvalue weighted by Crippen LogP contribution is -1.88. The van der Waals surface area contributed by atoms with Gasteiger partial charge in [-0.2, -0.15) is 0 Å². The fourth-order valence-corrected chi connectivity index (χ4v) is 3.14. The molecule has 0 fully saturated rings. The average Bonchev–Trinajstić information content (AvgIpc) is 2.72. The van der Waals surface area contributed by atoms with E-state index in [1.165, 1.54) is 21.2 Å². The highest BCUT2D eigenvalue weighted by atomic mass is 32.1. The van der Waals surface area contributed by atoms with Crippen molar-refractivity contribution in [2.24, 2.45) is 0 Å². The second kappa shape index (κ2) is 3.90. The Morgan fingerprint density at radius 2 is 1.82 bits per heavy atom. The highest BCUT2D eigenvalue weighted by molar-refractivity contribution is 7.17. The monoisotopic (exact) mass is 239 g/mol. The number of para-hydroxylation sites is 1. The summed E-state index contributed by atoms with van der Waals surface area (Å²) in [6.45, 7) is 2.12. The molecule has 1 heterocycles. The summed E-state index contributed by atoms with van der Waals surface area (Å²) in [6.07, 6.45) is 0. The zero-order valence-electron chi connectivity index (χ0n) is 9.60. The van der Waals surface area contributed by atoms with Crippen molar-refractivity contribution in [3.8, 4) is 11.1 Å². The third kappa shape index (κ3) is 1.71. The van der Waals surface area contributed by atoms with Crippen molar-refractivity contribution in [1.82, 2.24) is 0 Å². The first-order valence-corrected chi connectivity index (χ1v) is 6.46. The van der Waals surface area contributed by atoms with E-state index < -0.39 is 0 Å². The third-order valence-corrected chi connectivity index (χ3v) is 3.93. The predicted molar refractivity (Wildman–Crippen MR) is 76.4 cm³/mol. The maximum Gasteiger partial charge on any atom is 0.0394 e. The van der Waals surface area contributed by atoms with Crippen LogP contribution >= 0.6 is 11.3 Å². The van der Waals surface area contributed by atoms with Gasteiger partial charge in [0.1, 0.15) is 0 Å². The number of nitrogen functional groups attached to an aromatic ring is 1. The normalized spacial score (nSPS) is 10.9. The first kappa shape index (κ1) is 10.4. The van der Waals surface area contributed by atoms with Gasteiger partial charge in [-0.05, 0) is 30.0 Å². The van der Waals surface area contributed by atoms with Gasteiger partial charge in [-0.3, -0.25) is 0 Å². The van der Waals surface area contributed by atoms with Crippen molar-refractivity contribution in [3.05, 3.63) is 53.4 Å². The number of hydrogen-bond acceptors (Lipinski definition) is 2. The number of thiophene rings is 1. The molecule has 0 saturated heterocycles. The molecule has 1 nitrogen and oxygen atoms in total. The molecule has 84 valence electrons. The van der Waals surface area contributed by atoms with E-state index in [1.807, 2.05) is 18.2 Å². The number of aryl methyl sites for hydroxylation is 1. The SMILES string of the molecule is Cc1ccc2c(-c3ccccc3N)csc2c1. The average molecular weight is 239 g/mol. The molecule has 0 amide bonds. The van der Waals surface area contributed by atoms with Crippen LogP contribution in [0.25, 0.3) is 21.2 Å². The maximum atomic E-state index is 6.04. The Kier molecular flexibility index (Phi) is 2.37. The number of anilines is 1. The summed E-state index contributed by atoms with van der Waals surface area (Å²) < 4.78 is 1.32. The van der Waals surface area contributed by atoms with Crippen LogP contribution in [-0.2, 0) is 0 Å². The van der Waals surface area contributed by atoms with Gasteiger partial charge in [-0.25, -0.2) is 0 Å². The van der Waals surface area contributed by atoms with E-state index in [0.717, 1.165) is 11.3 Å². The zero-order valence-corrected chi connectivity index (χ0v) is 10.4. The van der Waals surface area contributed by atoms with E-state index in [0.29, 0.717) is 0 Å². The van der Waals surface area contributed by atoms with E-state index in [4.69, 9.17) is 5.73 Å². The molecule has 0 atom stereocenters. The molecule has 0 spiro atoms. The maximum absolute atomic E-state index is 6.04. The molecule has 17 heavy (non-hydrogen) atoms. The highest BCUT2D eigenvalue weighted by Gasteiger charge is 2.08. The molecule has 0 aliphatic carbocycles.